The van der Waals surface area contributed by atoms with Gasteiger partial charge in [-0.05, 0) is 147 Å². The molecule has 8 aromatic rings. The van der Waals surface area contributed by atoms with Crippen molar-refractivity contribution in [1.82, 2.24) is 0 Å². The lowest BCUT2D eigenvalue weighted by Gasteiger charge is -2.18. The van der Waals surface area contributed by atoms with E-state index in [1.807, 2.05) is 18.2 Å². The van der Waals surface area contributed by atoms with Crippen molar-refractivity contribution in [3.8, 4) is 33.4 Å². The van der Waals surface area contributed by atoms with Crippen LogP contribution in [0.5, 0.6) is 0 Å². The topological polar surface area (TPSA) is 24.1 Å². The van der Waals surface area contributed by atoms with Crippen LogP contribution in [0.2, 0.25) is 0 Å². The maximum absolute atomic E-state index is 3.53. The standard InChI is InChI=1S/C47H38N2/c1-31-9-23-41(24-10-31)49-43-27-21-35(22-28-43)39-18-16-37-14-12-33(3)47(45(37)30-39)46-32(2)11-13-36-15-17-38(29-44(36)46)34-19-25-42(26-20-34)48-40-7-5-4-6-8-40/h4-30,48-49H,1-3H3. The summed E-state index contributed by atoms with van der Waals surface area (Å²) in [5.41, 5.74) is 15.6. The van der Waals surface area contributed by atoms with Crippen LogP contribution in [0.3, 0.4) is 0 Å². The summed E-state index contributed by atoms with van der Waals surface area (Å²) in [5.74, 6) is 0. The van der Waals surface area contributed by atoms with Crippen molar-refractivity contribution in [3.05, 3.63) is 180 Å². The Labute approximate surface area is 288 Å². The second-order valence-electron chi connectivity index (χ2n) is 13.0. The van der Waals surface area contributed by atoms with Gasteiger partial charge in [-0.3, -0.25) is 0 Å². The van der Waals surface area contributed by atoms with Gasteiger partial charge in [-0.25, -0.2) is 0 Å². The number of hydrogen-bond acceptors (Lipinski definition) is 2. The van der Waals surface area contributed by atoms with E-state index in [0.29, 0.717) is 0 Å². The smallest absolute Gasteiger partial charge is 0.0384 e. The number of aryl methyl sites for hydroxylation is 3. The largest absolute Gasteiger partial charge is 0.356 e. The Kier molecular flexibility index (Phi) is 7.91. The molecule has 0 radical (unpaired) electrons. The van der Waals surface area contributed by atoms with Gasteiger partial charge in [0.25, 0.3) is 0 Å². The fraction of sp³-hybridized carbons (Fsp3) is 0.0638. The van der Waals surface area contributed by atoms with Gasteiger partial charge < -0.3 is 10.6 Å². The van der Waals surface area contributed by atoms with Crippen molar-refractivity contribution in [3.63, 3.8) is 0 Å². The molecule has 0 heterocycles. The van der Waals surface area contributed by atoms with Crippen LogP contribution in [-0.2, 0) is 0 Å². The van der Waals surface area contributed by atoms with Crippen LogP contribution in [0.4, 0.5) is 22.7 Å². The van der Waals surface area contributed by atoms with E-state index in [4.69, 9.17) is 0 Å². The molecule has 0 saturated heterocycles. The average molecular weight is 631 g/mol. The van der Waals surface area contributed by atoms with Crippen LogP contribution in [0, 0.1) is 20.8 Å². The molecule has 0 aliphatic heterocycles. The van der Waals surface area contributed by atoms with Gasteiger partial charge >= 0.3 is 0 Å². The van der Waals surface area contributed by atoms with Crippen molar-refractivity contribution >= 4 is 44.3 Å². The van der Waals surface area contributed by atoms with E-state index in [9.17, 15) is 0 Å². The second kappa shape index (κ2) is 12.8. The van der Waals surface area contributed by atoms with Crippen LogP contribution >= 0.6 is 0 Å². The lowest BCUT2D eigenvalue weighted by molar-refractivity contribution is 1.44. The first-order valence-corrected chi connectivity index (χ1v) is 16.9. The van der Waals surface area contributed by atoms with Crippen molar-refractivity contribution in [2.45, 2.75) is 20.8 Å². The van der Waals surface area contributed by atoms with Crippen LogP contribution in [-0.4, -0.2) is 0 Å². The van der Waals surface area contributed by atoms with Crippen LogP contribution < -0.4 is 10.6 Å². The summed E-state index contributed by atoms with van der Waals surface area (Å²) < 4.78 is 0. The molecule has 0 spiro atoms. The monoisotopic (exact) mass is 630 g/mol. The Balaban J connectivity index is 1.17. The molecule has 0 saturated carbocycles. The van der Waals surface area contributed by atoms with E-state index in [0.717, 1.165) is 22.7 Å². The minimum Gasteiger partial charge on any atom is -0.356 e. The van der Waals surface area contributed by atoms with E-state index in [1.165, 1.54) is 71.6 Å². The highest BCUT2D eigenvalue weighted by molar-refractivity contribution is 6.09. The second-order valence-corrected chi connectivity index (χ2v) is 13.0. The third-order valence-electron chi connectivity index (χ3n) is 9.55. The third kappa shape index (κ3) is 6.17. The SMILES string of the molecule is Cc1ccc(Nc2ccc(-c3ccc4ccc(C)c(-c5c(C)ccc6ccc(-c7ccc(Nc8ccccc8)cc7)cc56)c4c3)cc2)cc1. The lowest BCUT2D eigenvalue weighted by atomic mass is 9.86. The van der Waals surface area contributed by atoms with Gasteiger partial charge in [-0.1, -0.05) is 109 Å². The molecule has 8 rings (SSSR count). The molecule has 0 fully saturated rings. The van der Waals surface area contributed by atoms with Crippen LogP contribution in [0.15, 0.2) is 164 Å². The summed E-state index contributed by atoms with van der Waals surface area (Å²) in [6.45, 7) is 6.60. The molecule has 2 N–H and O–H groups in total. The average Bonchev–Trinajstić information content (AvgIpc) is 3.14. The first kappa shape index (κ1) is 30.2. The summed E-state index contributed by atoms with van der Waals surface area (Å²) in [5, 5.41) is 12.1. The molecule has 0 aliphatic rings. The highest BCUT2D eigenvalue weighted by atomic mass is 14.9. The van der Waals surface area contributed by atoms with Gasteiger partial charge in [0.05, 0.1) is 0 Å². The molecule has 0 amide bonds. The van der Waals surface area contributed by atoms with E-state index in [1.54, 1.807) is 0 Å². The Hall–Kier alpha value is -6.12. The maximum atomic E-state index is 3.53. The zero-order valence-corrected chi connectivity index (χ0v) is 28.1. The predicted octanol–water partition coefficient (Wildman–Crippen LogP) is 13.4. The normalized spacial score (nSPS) is 11.2. The molecule has 236 valence electrons. The van der Waals surface area contributed by atoms with Crippen LogP contribution in [0.1, 0.15) is 16.7 Å². The Bertz CT molecular complexity index is 2420. The minimum absolute atomic E-state index is 1.08. The molecule has 2 heteroatoms. The molecule has 2 nitrogen and oxygen atoms in total. The lowest BCUT2D eigenvalue weighted by Crippen LogP contribution is -1.93. The number of fused-ring (bicyclic) bond motifs is 2. The predicted molar refractivity (Wildman–Crippen MR) is 211 cm³/mol. The Morgan fingerprint density at radius 2 is 0.694 bits per heavy atom. The van der Waals surface area contributed by atoms with Gasteiger partial charge in [-0.2, -0.15) is 0 Å². The minimum atomic E-state index is 1.08. The highest BCUT2D eigenvalue weighted by Crippen LogP contribution is 2.41. The molecular formula is C47H38N2. The van der Waals surface area contributed by atoms with Gasteiger partial charge in [0.15, 0.2) is 0 Å². The zero-order valence-electron chi connectivity index (χ0n) is 28.1. The number of nitrogens with one attached hydrogen (secondary N) is 2. The fourth-order valence-corrected chi connectivity index (χ4v) is 6.86. The number of para-hydroxylation sites is 1. The summed E-state index contributed by atoms with van der Waals surface area (Å²) in [7, 11) is 0. The molecule has 0 bridgehead atoms. The van der Waals surface area contributed by atoms with Gasteiger partial charge in [0, 0.05) is 22.7 Å². The fourth-order valence-electron chi connectivity index (χ4n) is 6.86. The summed E-state index contributed by atoms with van der Waals surface area (Å²) in [6, 6.07) is 59.1. The van der Waals surface area contributed by atoms with Crippen molar-refractivity contribution in [2.24, 2.45) is 0 Å². The zero-order chi connectivity index (χ0) is 33.3. The molecule has 49 heavy (non-hydrogen) atoms. The van der Waals surface area contributed by atoms with Crippen molar-refractivity contribution in [2.75, 3.05) is 10.6 Å². The molecule has 8 aromatic carbocycles. The molecular weight excluding hydrogens is 593 g/mol. The summed E-state index contributed by atoms with van der Waals surface area (Å²) in [4.78, 5) is 0. The van der Waals surface area contributed by atoms with Gasteiger partial charge in [0.2, 0.25) is 0 Å². The first-order chi connectivity index (χ1) is 24.0. The first-order valence-electron chi connectivity index (χ1n) is 16.9. The van der Waals surface area contributed by atoms with E-state index < -0.39 is 0 Å². The van der Waals surface area contributed by atoms with E-state index >= 15 is 0 Å². The number of rotatable bonds is 7. The van der Waals surface area contributed by atoms with Crippen molar-refractivity contribution < 1.29 is 0 Å². The van der Waals surface area contributed by atoms with Crippen LogP contribution in [0.25, 0.3) is 54.9 Å². The maximum Gasteiger partial charge on any atom is 0.0384 e. The van der Waals surface area contributed by atoms with E-state index in [-0.39, 0.29) is 0 Å². The Morgan fingerprint density at radius 1 is 0.327 bits per heavy atom. The number of hydrogen-bond donors (Lipinski definition) is 2. The highest BCUT2D eigenvalue weighted by Gasteiger charge is 2.15. The number of benzene rings is 8. The molecule has 0 atom stereocenters. The van der Waals surface area contributed by atoms with Gasteiger partial charge in [-0.15, -0.1) is 0 Å². The quantitative estimate of drug-likeness (QED) is 0.183. The molecule has 0 aromatic heterocycles. The Morgan fingerprint density at radius 3 is 1.14 bits per heavy atom. The van der Waals surface area contributed by atoms with Crippen molar-refractivity contribution in [1.29, 1.82) is 0 Å². The number of anilines is 4. The molecule has 0 unspecified atom stereocenters. The summed E-state index contributed by atoms with van der Waals surface area (Å²) in [6.07, 6.45) is 0. The van der Waals surface area contributed by atoms with E-state index in [2.05, 4.69) is 177 Å². The third-order valence-corrected chi connectivity index (χ3v) is 9.55. The summed E-state index contributed by atoms with van der Waals surface area (Å²) >= 11 is 0. The van der Waals surface area contributed by atoms with Gasteiger partial charge in [0.1, 0.15) is 0 Å². The molecule has 0 aliphatic carbocycles.